The summed E-state index contributed by atoms with van der Waals surface area (Å²) < 4.78 is 90.8. The molecule has 4 N–H and O–H groups in total. The number of carbonyl (C=O) groups is 3. The van der Waals surface area contributed by atoms with E-state index < -0.39 is 74.8 Å². The lowest BCUT2D eigenvalue weighted by molar-refractivity contribution is -0.929. The van der Waals surface area contributed by atoms with Gasteiger partial charge in [-0.15, -0.1) is 24.7 Å². The molecule has 0 spiro atoms. The van der Waals surface area contributed by atoms with Crippen LogP contribution < -0.4 is 11.1 Å². The van der Waals surface area contributed by atoms with Crippen LogP contribution in [0.4, 0.5) is 14.4 Å². The molecule has 6 aliphatic heterocycles. The number of piperidine rings is 2. The third-order valence-corrected chi connectivity index (χ3v) is 15.0. The Morgan fingerprint density at radius 1 is 0.730 bits per heavy atom. The molecular weight excluding hydrogens is 1010 g/mol. The van der Waals surface area contributed by atoms with Gasteiger partial charge in [0.2, 0.25) is 34.0 Å². The Bertz CT molecular complexity index is 2370. The minimum absolute atomic E-state index is 0.0297. The van der Waals surface area contributed by atoms with Crippen molar-refractivity contribution in [3.8, 4) is 0 Å². The number of urea groups is 2. The van der Waals surface area contributed by atoms with Gasteiger partial charge in [0.25, 0.3) is 0 Å². The summed E-state index contributed by atoms with van der Waals surface area (Å²) in [6.07, 6.45) is 13.7. The van der Waals surface area contributed by atoms with Crippen molar-refractivity contribution in [2.45, 2.75) is 193 Å². The lowest BCUT2D eigenvalue weighted by Gasteiger charge is -2.39. The van der Waals surface area contributed by atoms with E-state index in [2.05, 4.69) is 62.0 Å². The SMILES string of the molecule is CCCC[N+](CCCC)(CCCC)CCCC.C[C@@H]1C[C@@H](c2nnc([C@@H]3CC[C@@H]4CN3C(=O)N4OS(=O)(=O)[O-])o2)N(C(=O)OC(C)(C)C)C1.N[C@H]1CN[C@H](c2nnc([C@@H]3CC[C@@H]4CN3C(=O)N4OS(=O)(=O)O)o2)C1. The molecule has 5 amide bonds. The molecule has 2 aromatic rings. The number of fused-ring (bicyclic) bond motifs is 4. The van der Waals surface area contributed by atoms with E-state index in [0.29, 0.717) is 67.6 Å². The van der Waals surface area contributed by atoms with Gasteiger partial charge in [-0.2, -0.15) is 22.8 Å². The number of amides is 5. The summed E-state index contributed by atoms with van der Waals surface area (Å²) in [5.74, 6) is 1.35. The fourth-order valence-corrected chi connectivity index (χ4v) is 11.4. The number of hydroxylamine groups is 4. The summed E-state index contributed by atoms with van der Waals surface area (Å²) in [6.45, 7) is 24.0. The fraction of sp³-hybridized carbons (Fsp3) is 0.848. The third-order valence-electron chi connectivity index (χ3n) is 14.3. The molecule has 0 unspecified atom stereocenters. The van der Waals surface area contributed by atoms with Crippen LogP contribution in [0.1, 0.15) is 193 Å². The molecular formula is C46H80N12O14S2. The highest BCUT2D eigenvalue weighted by atomic mass is 32.3. The van der Waals surface area contributed by atoms with Crippen molar-refractivity contribution in [2.75, 3.05) is 52.4 Å². The highest BCUT2D eigenvalue weighted by Gasteiger charge is 2.51. The Morgan fingerprint density at radius 2 is 1.18 bits per heavy atom. The van der Waals surface area contributed by atoms with Crippen molar-refractivity contribution in [1.29, 1.82) is 0 Å². The van der Waals surface area contributed by atoms with Gasteiger partial charge in [-0.3, -0.25) is 9.45 Å². The van der Waals surface area contributed by atoms with Crippen molar-refractivity contribution in [2.24, 2.45) is 11.7 Å². The summed E-state index contributed by atoms with van der Waals surface area (Å²) >= 11 is 0. The Hall–Kier alpha value is -4.29. The Kier molecular flexibility index (Phi) is 20.1. The predicted octanol–water partition coefficient (Wildman–Crippen LogP) is 5.83. The maximum Gasteiger partial charge on any atom is 0.418 e. The normalized spacial score (nSPS) is 26.1. The van der Waals surface area contributed by atoms with Crippen LogP contribution in [-0.2, 0) is 34.1 Å². The average molecular weight is 1090 g/mol. The van der Waals surface area contributed by atoms with E-state index in [0.717, 1.165) is 0 Å². The van der Waals surface area contributed by atoms with Crippen LogP contribution in [0, 0.1) is 5.92 Å². The summed E-state index contributed by atoms with van der Waals surface area (Å²) in [4.78, 5) is 42.0. The number of unbranched alkanes of at least 4 members (excludes halogenated alkanes) is 4. The molecule has 8 rings (SSSR count). The van der Waals surface area contributed by atoms with Crippen molar-refractivity contribution in [1.82, 2.24) is 50.5 Å². The van der Waals surface area contributed by atoms with E-state index >= 15 is 0 Å². The number of likely N-dealkylation sites (tertiary alicyclic amines) is 1. The van der Waals surface area contributed by atoms with Gasteiger partial charge in [0.05, 0.1) is 44.3 Å². The van der Waals surface area contributed by atoms with E-state index in [1.807, 2.05) is 6.92 Å². The smallest absolute Gasteiger partial charge is 0.418 e. The first kappa shape index (κ1) is 59.0. The largest absolute Gasteiger partial charge is 0.724 e. The van der Waals surface area contributed by atoms with Gasteiger partial charge in [0.15, 0.2) is 0 Å². The van der Waals surface area contributed by atoms with Gasteiger partial charge in [-0.25, -0.2) is 22.8 Å². The maximum absolute atomic E-state index is 12.7. The lowest BCUT2D eigenvalue weighted by Crippen LogP contribution is -2.50. The van der Waals surface area contributed by atoms with E-state index in [4.69, 9.17) is 23.9 Å². The van der Waals surface area contributed by atoms with E-state index in [1.54, 1.807) is 25.7 Å². The minimum Gasteiger partial charge on any atom is -0.724 e. The predicted molar refractivity (Wildman–Crippen MR) is 264 cm³/mol. The van der Waals surface area contributed by atoms with Gasteiger partial charge < -0.3 is 43.5 Å². The second-order valence-corrected chi connectivity index (χ2v) is 23.5. The van der Waals surface area contributed by atoms with Crippen molar-refractivity contribution in [3.63, 3.8) is 0 Å². The van der Waals surface area contributed by atoms with Crippen molar-refractivity contribution in [3.05, 3.63) is 23.6 Å². The number of quaternary nitrogens is 1. The zero-order valence-electron chi connectivity index (χ0n) is 44.3. The average Bonchev–Trinajstić information content (AvgIpc) is 4.22. The lowest BCUT2D eigenvalue weighted by atomic mass is 10.0. The molecule has 0 saturated carbocycles. The molecule has 6 aliphatic rings. The molecule has 8 heterocycles. The quantitative estimate of drug-likeness (QED) is 0.0797. The number of carbonyl (C=O) groups excluding carboxylic acids is 3. The Balaban J connectivity index is 0.000000190. The van der Waals surface area contributed by atoms with Crippen LogP contribution in [0.15, 0.2) is 8.83 Å². The van der Waals surface area contributed by atoms with Gasteiger partial charge >= 0.3 is 28.6 Å². The first-order valence-corrected chi connectivity index (χ1v) is 29.1. The zero-order valence-corrected chi connectivity index (χ0v) is 45.9. The number of aromatic nitrogens is 4. The maximum atomic E-state index is 12.7. The molecule has 2 aromatic heterocycles. The summed E-state index contributed by atoms with van der Waals surface area (Å²) in [6, 6.07) is -3.99. The Labute approximate surface area is 435 Å². The van der Waals surface area contributed by atoms with Gasteiger partial charge in [-0.05, 0) is 90.9 Å². The van der Waals surface area contributed by atoms with Crippen molar-refractivity contribution >= 4 is 39.0 Å². The molecule has 6 fully saturated rings. The summed E-state index contributed by atoms with van der Waals surface area (Å²) in [5.41, 5.74) is 5.21. The second-order valence-electron chi connectivity index (χ2n) is 21.6. The number of nitrogens with one attached hydrogen (secondary N) is 1. The highest BCUT2D eigenvalue weighted by Crippen LogP contribution is 2.42. The topological polar surface area (TPSA) is 323 Å². The van der Waals surface area contributed by atoms with Crippen LogP contribution in [-0.4, -0.2) is 170 Å². The van der Waals surface area contributed by atoms with E-state index in [1.165, 1.54) is 91.8 Å². The first-order valence-electron chi connectivity index (χ1n) is 26.4. The van der Waals surface area contributed by atoms with Crippen molar-refractivity contribution < 1.29 is 66.9 Å². The van der Waals surface area contributed by atoms with E-state index in [9.17, 15) is 35.8 Å². The number of ether oxygens (including phenoxy) is 1. The highest BCUT2D eigenvalue weighted by molar-refractivity contribution is 7.81. The second kappa shape index (κ2) is 25.2. The molecule has 6 saturated heterocycles. The number of rotatable bonds is 20. The zero-order chi connectivity index (χ0) is 54.2. The molecule has 26 nitrogen and oxygen atoms in total. The van der Waals surface area contributed by atoms with Gasteiger partial charge in [0.1, 0.15) is 23.7 Å². The molecule has 4 bridgehead atoms. The summed E-state index contributed by atoms with van der Waals surface area (Å²) in [5, 5.41) is 20.8. The van der Waals surface area contributed by atoms with Crippen LogP contribution >= 0.6 is 0 Å². The molecule has 74 heavy (non-hydrogen) atoms. The monoisotopic (exact) mass is 1090 g/mol. The fourth-order valence-electron chi connectivity index (χ4n) is 10.6. The van der Waals surface area contributed by atoms with Crippen LogP contribution in [0.25, 0.3) is 0 Å². The van der Waals surface area contributed by atoms with E-state index in [-0.39, 0.29) is 48.8 Å². The summed E-state index contributed by atoms with van der Waals surface area (Å²) in [7, 11) is -9.84. The first-order chi connectivity index (χ1) is 34.9. The number of hydrogen-bond acceptors (Lipinski definition) is 19. The molecule has 0 aliphatic carbocycles. The van der Waals surface area contributed by atoms with Crippen LogP contribution in [0.2, 0.25) is 0 Å². The molecule has 28 heteroatoms. The molecule has 0 aromatic carbocycles. The standard InChI is InChI=1S/C18H27N5O8S.C16H36N.C12H18N6O6S/c1-10-7-13(22(8-10)17(25)30-18(2,3)4)15-20-19-14(29-15)12-6-5-11-9-21(12)16(24)23(11)31-32(26,27)28;1-5-9-13-17(14-10-6-2,15-11-7-3)16-12-8-4;13-6-3-8(14-4-6)10-15-16-11(23-10)9-2-1-7-5-17(9)12(19)18(7)24-25(20,21)22/h10-13H,5-9H2,1-4H3,(H,26,27,28);5-16H2,1-4H3;6-9,14H,1-5,13H2,(H,20,21,22)/q;+1;/p-1/t10-,11-,12+,13+;;6-,7-,8+,9+/m1.1/s1. The molecule has 8 atom stereocenters. The minimum atomic E-state index is -5.07. The molecule has 0 radical (unpaired) electrons. The third kappa shape index (κ3) is 15.4. The van der Waals surface area contributed by atoms with Gasteiger partial charge in [-0.1, -0.05) is 60.3 Å². The van der Waals surface area contributed by atoms with Crippen LogP contribution in [0.3, 0.4) is 0 Å². The molecule has 420 valence electrons. The van der Waals surface area contributed by atoms with Gasteiger partial charge in [0, 0.05) is 32.2 Å². The number of nitrogens with zero attached hydrogens (tertiary/aromatic N) is 10. The van der Waals surface area contributed by atoms with Crippen LogP contribution in [0.5, 0.6) is 0 Å². The number of nitrogens with two attached hydrogens (primary N) is 1. The number of hydrogen-bond donors (Lipinski definition) is 3. The Morgan fingerprint density at radius 3 is 1.59 bits per heavy atom.